The van der Waals surface area contributed by atoms with Gasteiger partial charge < -0.3 is 5.11 Å². The average Bonchev–Trinajstić information content (AvgIpc) is 2.17. The van der Waals surface area contributed by atoms with Crippen LogP contribution >= 0.6 is 0 Å². The van der Waals surface area contributed by atoms with Gasteiger partial charge in [0.25, 0.3) is 5.69 Å². The zero-order chi connectivity index (χ0) is 12.2. The minimum Gasteiger partial charge on any atom is -0.395 e. The van der Waals surface area contributed by atoms with Crippen molar-refractivity contribution in [1.82, 2.24) is 0 Å². The van der Waals surface area contributed by atoms with E-state index in [-0.39, 0.29) is 11.4 Å². The van der Waals surface area contributed by atoms with Crippen molar-refractivity contribution in [2.24, 2.45) is 0 Å². The van der Waals surface area contributed by atoms with Gasteiger partial charge in [-0.1, -0.05) is 0 Å². The van der Waals surface area contributed by atoms with E-state index in [0.717, 1.165) is 0 Å². The van der Waals surface area contributed by atoms with E-state index in [4.69, 9.17) is 5.11 Å². The third kappa shape index (κ3) is 3.48. The van der Waals surface area contributed by atoms with Gasteiger partial charge in [-0.05, 0) is 12.1 Å². The summed E-state index contributed by atoms with van der Waals surface area (Å²) in [5.41, 5.74) is 0.101. The molecule has 0 radical (unpaired) electrons. The number of nitrogens with zero attached hydrogens (tertiary/aromatic N) is 1. The zero-order valence-corrected chi connectivity index (χ0v) is 8.98. The van der Waals surface area contributed by atoms with Crippen LogP contribution in [0.3, 0.4) is 0 Å². The summed E-state index contributed by atoms with van der Waals surface area (Å²) in [7, 11) is -3.59. The van der Waals surface area contributed by atoms with Crippen LogP contribution < -0.4 is 4.72 Å². The van der Waals surface area contributed by atoms with Gasteiger partial charge in [-0.3, -0.25) is 14.8 Å². The number of hydrogen-bond acceptors (Lipinski definition) is 5. The summed E-state index contributed by atoms with van der Waals surface area (Å²) in [6.45, 7) is -0.484. The first kappa shape index (κ1) is 12.4. The van der Waals surface area contributed by atoms with Gasteiger partial charge in [0.2, 0.25) is 10.0 Å². The van der Waals surface area contributed by atoms with Crippen LogP contribution in [0.15, 0.2) is 24.3 Å². The Morgan fingerprint density at radius 3 is 2.31 bits per heavy atom. The number of hydrogen-bond donors (Lipinski definition) is 2. The van der Waals surface area contributed by atoms with Crippen LogP contribution in [0.2, 0.25) is 0 Å². The van der Waals surface area contributed by atoms with Gasteiger partial charge in [-0.15, -0.1) is 0 Å². The summed E-state index contributed by atoms with van der Waals surface area (Å²) >= 11 is 0. The van der Waals surface area contributed by atoms with Gasteiger partial charge in [-0.25, -0.2) is 8.42 Å². The number of nitro benzene ring substituents is 1. The summed E-state index contributed by atoms with van der Waals surface area (Å²) in [4.78, 5) is 9.76. The third-order valence-corrected chi connectivity index (χ3v) is 2.98. The molecule has 7 nitrogen and oxygen atoms in total. The van der Waals surface area contributed by atoms with E-state index < -0.39 is 27.3 Å². The summed E-state index contributed by atoms with van der Waals surface area (Å²) in [6.07, 6.45) is 0. The van der Waals surface area contributed by atoms with Crippen molar-refractivity contribution in [3.8, 4) is 0 Å². The summed E-state index contributed by atoms with van der Waals surface area (Å²) in [5.74, 6) is -0.413. The monoisotopic (exact) mass is 246 g/mol. The van der Waals surface area contributed by atoms with Gasteiger partial charge in [0.05, 0.1) is 17.3 Å². The molecule has 8 heteroatoms. The van der Waals surface area contributed by atoms with Crippen LogP contribution in [0, 0.1) is 10.1 Å². The molecule has 0 aliphatic rings. The van der Waals surface area contributed by atoms with Gasteiger partial charge >= 0.3 is 0 Å². The molecule has 88 valence electrons. The molecular formula is C8H10N2O5S. The Balaban J connectivity index is 2.80. The van der Waals surface area contributed by atoms with Gasteiger partial charge in [0, 0.05) is 17.8 Å². The number of aliphatic hydroxyl groups is 1. The highest BCUT2D eigenvalue weighted by atomic mass is 32.2. The Morgan fingerprint density at radius 1 is 1.31 bits per heavy atom. The molecule has 0 aliphatic heterocycles. The van der Waals surface area contributed by atoms with Crippen molar-refractivity contribution in [3.05, 3.63) is 34.4 Å². The maximum absolute atomic E-state index is 11.2. The van der Waals surface area contributed by atoms with E-state index in [1.165, 1.54) is 24.3 Å². The number of rotatable bonds is 5. The largest absolute Gasteiger partial charge is 0.395 e. The lowest BCUT2D eigenvalue weighted by Gasteiger charge is -2.05. The number of aliphatic hydroxyl groups excluding tert-OH is 1. The number of nitro groups is 1. The number of non-ortho nitro benzene ring substituents is 1. The van der Waals surface area contributed by atoms with Crippen LogP contribution in [0.1, 0.15) is 0 Å². The highest BCUT2D eigenvalue weighted by molar-refractivity contribution is 7.92. The molecule has 0 saturated heterocycles. The molecule has 1 aromatic rings. The Bertz CT molecular complexity index is 468. The number of nitrogens with one attached hydrogen (secondary N) is 1. The van der Waals surface area contributed by atoms with Gasteiger partial charge in [-0.2, -0.15) is 0 Å². The van der Waals surface area contributed by atoms with Crippen LogP contribution in [0.4, 0.5) is 11.4 Å². The van der Waals surface area contributed by atoms with Crippen molar-refractivity contribution >= 4 is 21.4 Å². The standard InChI is InChI=1S/C8H10N2O5S/c11-5-6-16(14,15)9-7-1-3-8(4-2-7)10(12)13/h1-4,9,11H,5-6H2. The Labute approximate surface area is 91.9 Å². The van der Waals surface area contributed by atoms with Crippen molar-refractivity contribution < 1.29 is 18.4 Å². The normalized spacial score (nSPS) is 11.1. The first-order valence-electron chi connectivity index (χ1n) is 4.30. The van der Waals surface area contributed by atoms with Crippen LogP contribution in [-0.2, 0) is 10.0 Å². The van der Waals surface area contributed by atoms with Crippen molar-refractivity contribution in [3.63, 3.8) is 0 Å². The minimum atomic E-state index is -3.59. The first-order chi connectivity index (χ1) is 7.44. The molecule has 2 N–H and O–H groups in total. The average molecular weight is 246 g/mol. The molecule has 1 rings (SSSR count). The van der Waals surface area contributed by atoms with E-state index >= 15 is 0 Å². The maximum atomic E-state index is 11.2. The fourth-order valence-corrected chi connectivity index (χ4v) is 1.84. The van der Waals surface area contributed by atoms with E-state index in [1.807, 2.05) is 0 Å². The van der Waals surface area contributed by atoms with Gasteiger partial charge in [0.1, 0.15) is 0 Å². The maximum Gasteiger partial charge on any atom is 0.269 e. The highest BCUT2D eigenvalue weighted by Gasteiger charge is 2.10. The number of benzene rings is 1. The molecule has 0 bridgehead atoms. The van der Waals surface area contributed by atoms with Crippen molar-refractivity contribution in [2.75, 3.05) is 17.1 Å². The first-order valence-corrected chi connectivity index (χ1v) is 5.95. The molecule has 0 spiro atoms. The Morgan fingerprint density at radius 2 is 1.88 bits per heavy atom. The van der Waals surface area contributed by atoms with Crippen LogP contribution in [0.25, 0.3) is 0 Å². The molecule has 1 aromatic carbocycles. The second-order valence-electron chi connectivity index (χ2n) is 2.95. The minimum absolute atomic E-state index is 0.120. The van der Waals surface area contributed by atoms with Gasteiger partial charge in [0.15, 0.2) is 0 Å². The predicted octanol–water partition coefficient (Wildman–Crippen LogP) is 0.329. The second-order valence-corrected chi connectivity index (χ2v) is 4.79. The molecule has 0 atom stereocenters. The fourth-order valence-electron chi connectivity index (χ4n) is 1.00. The molecule has 0 aliphatic carbocycles. The van der Waals surface area contributed by atoms with Crippen molar-refractivity contribution in [2.45, 2.75) is 0 Å². The lowest BCUT2D eigenvalue weighted by Crippen LogP contribution is -2.18. The molecule has 0 aromatic heterocycles. The van der Waals surface area contributed by atoms with E-state index in [2.05, 4.69) is 4.72 Å². The topological polar surface area (TPSA) is 110 Å². The predicted molar refractivity (Wildman–Crippen MR) is 57.6 cm³/mol. The fraction of sp³-hybridized carbons (Fsp3) is 0.250. The SMILES string of the molecule is O=[N+]([O-])c1ccc(NS(=O)(=O)CCO)cc1. The zero-order valence-electron chi connectivity index (χ0n) is 8.16. The number of sulfonamides is 1. The second kappa shape index (κ2) is 4.90. The number of anilines is 1. The summed E-state index contributed by atoms with van der Waals surface area (Å²) in [6, 6.07) is 4.95. The Kier molecular flexibility index (Phi) is 3.80. The molecule has 0 unspecified atom stereocenters. The molecule has 0 saturated carbocycles. The third-order valence-electron chi connectivity index (χ3n) is 1.71. The molecule has 16 heavy (non-hydrogen) atoms. The lowest BCUT2D eigenvalue weighted by molar-refractivity contribution is -0.384. The lowest BCUT2D eigenvalue weighted by atomic mass is 10.3. The summed E-state index contributed by atoms with van der Waals surface area (Å²) in [5, 5.41) is 18.8. The van der Waals surface area contributed by atoms with E-state index in [0.29, 0.717) is 0 Å². The molecular weight excluding hydrogens is 236 g/mol. The summed E-state index contributed by atoms with van der Waals surface area (Å²) < 4.78 is 24.6. The smallest absolute Gasteiger partial charge is 0.269 e. The Hall–Kier alpha value is -1.67. The van der Waals surface area contributed by atoms with E-state index in [1.54, 1.807) is 0 Å². The molecule has 0 heterocycles. The van der Waals surface area contributed by atoms with Crippen LogP contribution in [-0.4, -0.2) is 30.8 Å². The molecule has 0 fully saturated rings. The van der Waals surface area contributed by atoms with Crippen molar-refractivity contribution in [1.29, 1.82) is 0 Å². The van der Waals surface area contributed by atoms with E-state index in [9.17, 15) is 18.5 Å². The molecule has 0 amide bonds. The highest BCUT2D eigenvalue weighted by Crippen LogP contribution is 2.16. The van der Waals surface area contributed by atoms with Crippen LogP contribution in [0.5, 0.6) is 0 Å². The quantitative estimate of drug-likeness (QED) is 0.574.